The third-order valence-corrected chi connectivity index (χ3v) is 6.64. The first-order valence-electron chi connectivity index (χ1n) is 8.51. The van der Waals surface area contributed by atoms with Crippen LogP contribution in [0.4, 0.5) is 0 Å². The van der Waals surface area contributed by atoms with Gasteiger partial charge >= 0.3 is 0 Å². The lowest BCUT2D eigenvalue weighted by Crippen LogP contribution is -2.42. The molecule has 4 heteroatoms. The number of fused-ring (bicyclic) bond motifs is 5. The third kappa shape index (κ3) is 1.97. The molecule has 1 aromatic rings. The topological polar surface area (TPSA) is 58.9 Å². The van der Waals surface area contributed by atoms with Gasteiger partial charge in [-0.15, -0.1) is 0 Å². The fraction of sp³-hybridized carbons (Fsp3) is 0.579. The molecule has 0 bridgehead atoms. The predicted molar refractivity (Wildman–Crippen MR) is 87.2 cm³/mol. The Balaban J connectivity index is 1.71. The van der Waals surface area contributed by atoms with Crippen LogP contribution in [0.3, 0.4) is 0 Å². The van der Waals surface area contributed by atoms with Crippen molar-refractivity contribution in [2.45, 2.75) is 44.9 Å². The summed E-state index contributed by atoms with van der Waals surface area (Å²) in [6.07, 6.45) is 4.72. The van der Waals surface area contributed by atoms with Crippen molar-refractivity contribution in [3.05, 3.63) is 29.3 Å². The van der Waals surface area contributed by atoms with Gasteiger partial charge < -0.3 is 9.94 Å². The number of hydrogen-bond donors (Lipinski definition) is 1. The fourth-order valence-corrected chi connectivity index (χ4v) is 5.38. The van der Waals surface area contributed by atoms with Crippen LogP contribution in [0.5, 0.6) is 5.75 Å². The van der Waals surface area contributed by atoms with E-state index in [0.29, 0.717) is 29.9 Å². The number of hydrogen-bond acceptors (Lipinski definition) is 4. The highest BCUT2D eigenvalue weighted by molar-refractivity contribution is 6.43. The molecular weight excluding hydrogens is 290 g/mol. The molecule has 0 saturated heterocycles. The molecule has 1 N–H and O–H groups in total. The molecule has 0 amide bonds. The summed E-state index contributed by atoms with van der Waals surface area (Å²) in [7, 11) is 1.71. The molecule has 0 heterocycles. The Morgan fingerprint density at radius 1 is 1.35 bits per heavy atom. The van der Waals surface area contributed by atoms with Gasteiger partial charge in [-0.3, -0.25) is 4.79 Å². The molecule has 3 aliphatic rings. The molecule has 0 radical (unpaired) electrons. The SMILES string of the molecule is COc1ccc2c(c1)CC[C@H]1[C@@H]2CC[C@]2(C)C(=O)/C(=N\O)C[C@@H]12. The van der Waals surface area contributed by atoms with Crippen LogP contribution >= 0.6 is 0 Å². The largest absolute Gasteiger partial charge is 0.497 e. The second-order valence-electron chi connectivity index (χ2n) is 7.52. The van der Waals surface area contributed by atoms with Crippen LogP contribution in [0.25, 0.3) is 0 Å². The van der Waals surface area contributed by atoms with Gasteiger partial charge in [0.25, 0.3) is 0 Å². The average Bonchev–Trinajstić information content (AvgIpc) is 2.85. The van der Waals surface area contributed by atoms with E-state index in [9.17, 15) is 4.79 Å². The van der Waals surface area contributed by atoms with Gasteiger partial charge in [-0.2, -0.15) is 0 Å². The van der Waals surface area contributed by atoms with Gasteiger partial charge in [-0.1, -0.05) is 18.1 Å². The number of Topliss-reactive ketones (excluding diaryl/α,β-unsaturated/α-hetero) is 1. The molecule has 0 unspecified atom stereocenters. The molecular formula is C19H23NO3. The van der Waals surface area contributed by atoms with E-state index < -0.39 is 0 Å². The maximum Gasteiger partial charge on any atom is 0.186 e. The van der Waals surface area contributed by atoms with Crippen LogP contribution in [0.15, 0.2) is 23.4 Å². The number of ether oxygens (including phenoxy) is 1. The van der Waals surface area contributed by atoms with Crippen molar-refractivity contribution in [3.63, 3.8) is 0 Å². The molecule has 0 spiro atoms. The zero-order valence-electron chi connectivity index (χ0n) is 13.7. The molecule has 23 heavy (non-hydrogen) atoms. The number of aryl methyl sites for hydroxylation is 1. The standard InChI is InChI=1S/C19H23NO3/c1-19-8-7-14-13-6-4-12(23-2)9-11(13)3-5-15(14)16(19)10-17(20-22)18(19)21/h4,6,9,14-16,22H,3,5,7-8,10H2,1-2H3/b20-17-/t14-,15+,16+,19+/m1/s1. The molecule has 4 atom stereocenters. The summed E-state index contributed by atoms with van der Waals surface area (Å²) in [6.45, 7) is 2.08. The first-order valence-corrected chi connectivity index (χ1v) is 8.51. The number of benzene rings is 1. The van der Waals surface area contributed by atoms with Gasteiger partial charge in [0.1, 0.15) is 11.5 Å². The van der Waals surface area contributed by atoms with Gasteiger partial charge in [-0.05, 0) is 66.7 Å². The molecule has 2 fully saturated rings. The summed E-state index contributed by atoms with van der Waals surface area (Å²) in [5.74, 6) is 2.35. The van der Waals surface area contributed by atoms with Crippen LogP contribution in [-0.2, 0) is 11.2 Å². The smallest absolute Gasteiger partial charge is 0.186 e. The number of carbonyl (C=O) groups excluding carboxylic acids is 1. The van der Waals surface area contributed by atoms with E-state index in [4.69, 9.17) is 9.94 Å². The van der Waals surface area contributed by atoms with Gasteiger partial charge in [0, 0.05) is 11.8 Å². The van der Waals surface area contributed by atoms with Crippen LogP contribution < -0.4 is 4.74 Å². The summed E-state index contributed by atoms with van der Waals surface area (Å²) in [5, 5.41) is 12.5. The van der Waals surface area contributed by atoms with Gasteiger partial charge in [0.15, 0.2) is 5.78 Å². The Labute approximate surface area is 136 Å². The molecule has 4 rings (SSSR count). The van der Waals surface area contributed by atoms with Crippen molar-refractivity contribution in [3.8, 4) is 5.75 Å². The van der Waals surface area contributed by atoms with Crippen LogP contribution in [0, 0.1) is 17.3 Å². The second-order valence-corrected chi connectivity index (χ2v) is 7.52. The Morgan fingerprint density at radius 3 is 2.91 bits per heavy atom. The number of oxime groups is 1. The fourth-order valence-electron chi connectivity index (χ4n) is 5.38. The van der Waals surface area contributed by atoms with Crippen molar-refractivity contribution in [2.24, 2.45) is 22.4 Å². The van der Waals surface area contributed by atoms with Crippen LogP contribution in [0.2, 0.25) is 0 Å². The highest BCUT2D eigenvalue weighted by atomic mass is 16.5. The zero-order valence-corrected chi connectivity index (χ0v) is 13.7. The zero-order chi connectivity index (χ0) is 16.2. The lowest BCUT2D eigenvalue weighted by Gasteiger charge is -2.47. The van der Waals surface area contributed by atoms with E-state index in [-0.39, 0.29) is 11.2 Å². The van der Waals surface area contributed by atoms with Gasteiger partial charge in [-0.25, -0.2) is 0 Å². The van der Waals surface area contributed by atoms with Crippen molar-refractivity contribution in [1.29, 1.82) is 0 Å². The van der Waals surface area contributed by atoms with E-state index >= 15 is 0 Å². The first-order chi connectivity index (χ1) is 11.1. The van der Waals surface area contributed by atoms with E-state index in [1.54, 1.807) is 7.11 Å². The third-order valence-electron chi connectivity index (χ3n) is 6.64. The van der Waals surface area contributed by atoms with E-state index in [1.807, 2.05) is 0 Å². The summed E-state index contributed by atoms with van der Waals surface area (Å²) >= 11 is 0. The number of carbonyl (C=O) groups is 1. The summed E-state index contributed by atoms with van der Waals surface area (Å²) in [4.78, 5) is 12.6. The Hall–Kier alpha value is -1.84. The Morgan fingerprint density at radius 2 is 2.17 bits per heavy atom. The van der Waals surface area contributed by atoms with E-state index in [2.05, 4.69) is 30.3 Å². The predicted octanol–water partition coefficient (Wildman–Crippen LogP) is 3.56. The van der Waals surface area contributed by atoms with Crippen molar-refractivity contribution in [1.82, 2.24) is 0 Å². The normalized spacial score (nSPS) is 37.2. The number of ketones is 1. The minimum absolute atomic E-state index is 0.0731. The second kappa shape index (κ2) is 5.08. The maximum absolute atomic E-state index is 12.6. The van der Waals surface area contributed by atoms with Gasteiger partial charge in [0.05, 0.1) is 7.11 Å². The minimum atomic E-state index is -0.327. The van der Waals surface area contributed by atoms with Crippen molar-refractivity contribution in [2.75, 3.05) is 7.11 Å². The summed E-state index contributed by atoms with van der Waals surface area (Å²) in [5.41, 5.74) is 2.89. The lowest BCUT2D eigenvalue weighted by atomic mass is 9.55. The molecule has 0 aliphatic heterocycles. The first kappa shape index (κ1) is 14.7. The Kier molecular flexibility index (Phi) is 3.26. The lowest BCUT2D eigenvalue weighted by molar-refractivity contribution is -0.125. The van der Waals surface area contributed by atoms with E-state index in [1.165, 1.54) is 11.1 Å². The highest BCUT2D eigenvalue weighted by Crippen LogP contribution is 2.59. The molecule has 4 nitrogen and oxygen atoms in total. The highest BCUT2D eigenvalue weighted by Gasteiger charge is 2.57. The summed E-state index contributed by atoms with van der Waals surface area (Å²) < 4.78 is 5.36. The Bertz CT molecular complexity index is 696. The van der Waals surface area contributed by atoms with Crippen molar-refractivity contribution < 1.29 is 14.7 Å². The molecule has 2 saturated carbocycles. The number of rotatable bonds is 1. The monoisotopic (exact) mass is 313 g/mol. The summed E-state index contributed by atoms with van der Waals surface area (Å²) in [6, 6.07) is 6.43. The van der Waals surface area contributed by atoms with Crippen molar-refractivity contribution >= 4 is 11.5 Å². The quantitative estimate of drug-likeness (QED) is 0.637. The molecule has 3 aliphatic carbocycles. The van der Waals surface area contributed by atoms with E-state index in [0.717, 1.165) is 31.4 Å². The molecule has 122 valence electrons. The average molecular weight is 313 g/mol. The number of nitrogens with zero attached hydrogens (tertiary/aromatic N) is 1. The molecule has 0 aromatic heterocycles. The molecule has 1 aromatic carbocycles. The number of methoxy groups -OCH3 is 1. The maximum atomic E-state index is 12.6. The van der Waals surface area contributed by atoms with Crippen LogP contribution in [0.1, 0.15) is 49.7 Å². The van der Waals surface area contributed by atoms with Crippen LogP contribution in [-0.4, -0.2) is 23.8 Å². The minimum Gasteiger partial charge on any atom is -0.497 e. The van der Waals surface area contributed by atoms with Gasteiger partial charge in [0.2, 0.25) is 0 Å².